The Bertz CT molecular complexity index is 331. The molecule has 2 rings (SSSR count). The van der Waals surface area contributed by atoms with Crippen LogP contribution in [-0.2, 0) is 0 Å². The number of nitrogens with zero attached hydrogens (tertiary/aromatic N) is 1. The van der Waals surface area contributed by atoms with Gasteiger partial charge >= 0.3 is 0 Å². The quantitative estimate of drug-likeness (QED) is 0.769. The molecule has 16 heavy (non-hydrogen) atoms. The molecule has 0 aliphatic carbocycles. The maximum atomic E-state index is 5.18. The van der Waals surface area contributed by atoms with Crippen LogP contribution in [0, 0.1) is 0 Å². The molecule has 1 aliphatic rings. The van der Waals surface area contributed by atoms with Crippen LogP contribution in [0.25, 0.3) is 0 Å². The smallest absolute Gasteiger partial charge is 0.119 e. The molecule has 2 heteroatoms. The molecular formula is C14H21NO. The first-order valence-electron chi connectivity index (χ1n) is 6.18. The van der Waals surface area contributed by atoms with E-state index in [1.807, 2.05) is 12.1 Å². The summed E-state index contributed by atoms with van der Waals surface area (Å²) in [6, 6.07) is 9.85. The Balaban J connectivity index is 2.09. The summed E-state index contributed by atoms with van der Waals surface area (Å²) >= 11 is 0. The highest BCUT2D eigenvalue weighted by Gasteiger charge is 2.34. The van der Waals surface area contributed by atoms with Crippen molar-refractivity contribution in [2.45, 2.75) is 45.2 Å². The number of methoxy groups -OCH3 is 1. The van der Waals surface area contributed by atoms with Crippen molar-refractivity contribution in [1.82, 2.24) is 0 Å². The normalized spacial score (nSPS) is 24.1. The summed E-state index contributed by atoms with van der Waals surface area (Å²) in [6.45, 7) is 4.56. The predicted molar refractivity (Wildman–Crippen MR) is 68.2 cm³/mol. The van der Waals surface area contributed by atoms with Crippen molar-refractivity contribution < 1.29 is 4.74 Å². The van der Waals surface area contributed by atoms with E-state index in [0.717, 1.165) is 11.8 Å². The summed E-state index contributed by atoms with van der Waals surface area (Å²) in [5.41, 5.74) is 1.33. The van der Waals surface area contributed by atoms with Crippen LogP contribution in [-0.4, -0.2) is 19.2 Å². The van der Waals surface area contributed by atoms with Crippen molar-refractivity contribution in [3.05, 3.63) is 24.3 Å². The zero-order valence-electron chi connectivity index (χ0n) is 10.4. The SMILES string of the molecule is CCC[C@@H]1C[C@H](C)N1c1ccc(OC)cc1. The Kier molecular flexibility index (Phi) is 3.37. The minimum absolute atomic E-state index is 0.685. The third-order valence-corrected chi connectivity index (χ3v) is 3.47. The van der Waals surface area contributed by atoms with Crippen molar-refractivity contribution in [3.8, 4) is 5.75 Å². The lowest BCUT2D eigenvalue weighted by atomic mass is 9.90. The molecule has 0 unspecified atom stereocenters. The van der Waals surface area contributed by atoms with Gasteiger partial charge in [0, 0.05) is 17.8 Å². The number of anilines is 1. The second kappa shape index (κ2) is 4.77. The van der Waals surface area contributed by atoms with Crippen LogP contribution in [0.15, 0.2) is 24.3 Å². The number of hydrogen-bond acceptors (Lipinski definition) is 2. The summed E-state index contributed by atoms with van der Waals surface area (Å²) < 4.78 is 5.18. The second-order valence-electron chi connectivity index (χ2n) is 4.63. The molecule has 2 atom stereocenters. The van der Waals surface area contributed by atoms with Gasteiger partial charge in [0.05, 0.1) is 7.11 Å². The summed E-state index contributed by atoms with van der Waals surface area (Å²) in [7, 11) is 1.71. The predicted octanol–water partition coefficient (Wildman–Crippen LogP) is 3.46. The number of ether oxygens (including phenoxy) is 1. The molecule has 0 bridgehead atoms. The maximum Gasteiger partial charge on any atom is 0.119 e. The highest BCUT2D eigenvalue weighted by atomic mass is 16.5. The van der Waals surface area contributed by atoms with Crippen LogP contribution in [0.2, 0.25) is 0 Å². The zero-order valence-corrected chi connectivity index (χ0v) is 10.4. The summed E-state index contributed by atoms with van der Waals surface area (Å²) in [6.07, 6.45) is 3.90. The van der Waals surface area contributed by atoms with Crippen molar-refractivity contribution in [1.29, 1.82) is 0 Å². The fourth-order valence-electron chi connectivity index (χ4n) is 2.65. The molecule has 0 radical (unpaired) electrons. The largest absolute Gasteiger partial charge is 0.497 e. The molecule has 2 nitrogen and oxygen atoms in total. The van der Waals surface area contributed by atoms with Crippen molar-refractivity contribution in [3.63, 3.8) is 0 Å². The number of hydrogen-bond donors (Lipinski definition) is 0. The van der Waals surface area contributed by atoms with Gasteiger partial charge in [0.15, 0.2) is 0 Å². The third kappa shape index (κ3) is 2.01. The van der Waals surface area contributed by atoms with Crippen LogP contribution < -0.4 is 9.64 Å². The van der Waals surface area contributed by atoms with Crippen LogP contribution in [0.3, 0.4) is 0 Å². The van der Waals surface area contributed by atoms with Gasteiger partial charge in [-0.3, -0.25) is 0 Å². The monoisotopic (exact) mass is 219 g/mol. The van der Waals surface area contributed by atoms with E-state index in [-0.39, 0.29) is 0 Å². The Morgan fingerprint density at radius 3 is 2.50 bits per heavy atom. The van der Waals surface area contributed by atoms with Crippen LogP contribution in [0.1, 0.15) is 33.1 Å². The lowest BCUT2D eigenvalue weighted by Gasteiger charge is -2.49. The van der Waals surface area contributed by atoms with E-state index >= 15 is 0 Å². The van der Waals surface area contributed by atoms with E-state index in [4.69, 9.17) is 4.74 Å². The first-order valence-corrected chi connectivity index (χ1v) is 6.18. The molecule has 88 valence electrons. The highest BCUT2D eigenvalue weighted by molar-refractivity contribution is 5.53. The minimum atomic E-state index is 0.685. The molecule has 0 saturated carbocycles. The van der Waals surface area contributed by atoms with E-state index in [1.54, 1.807) is 7.11 Å². The average molecular weight is 219 g/mol. The highest BCUT2D eigenvalue weighted by Crippen LogP contribution is 2.35. The van der Waals surface area contributed by atoms with Gasteiger partial charge in [0.1, 0.15) is 5.75 Å². The Morgan fingerprint density at radius 1 is 1.31 bits per heavy atom. The van der Waals surface area contributed by atoms with Crippen LogP contribution in [0.5, 0.6) is 5.75 Å². The summed E-state index contributed by atoms with van der Waals surface area (Å²) in [5, 5.41) is 0. The molecule has 1 heterocycles. The average Bonchev–Trinajstić information content (AvgIpc) is 2.29. The molecule has 0 amide bonds. The number of rotatable bonds is 4. The standard InChI is InChI=1S/C14H21NO/c1-4-5-13-10-11(2)15(13)12-6-8-14(16-3)9-7-12/h6-9,11,13H,4-5,10H2,1-3H3/t11-,13+/m0/s1. The molecule has 1 aromatic rings. The molecule has 1 aliphatic heterocycles. The van der Waals surface area contributed by atoms with E-state index in [0.29, 0.717) is 6.04 Å². The van der Waals surface area contributed by atoms with Crippen molar-refractivity contribution >= 4 is 5.69 Å². The molecule has 1 aromatic carbocycles. The fourth-order valence-corrected chi connectivity index (χ4v) is 2.65. The van der Waals surface area contributed by atoms with Gasteiger partial charge in [-0.15, -0.1) is 0 Å². The first-order chi connectivity index (χ1) is 7.76. The van der Waals surface area contributed by atoms with Crippen molar-refractivity contribution in [2.75, 3.05) is 12.0 Å². The van der Waals surface area contributed by atoms with Gasteiger partial charge < -0.3 is 9.64 Å². The Morgan fingerprint density at radius 2 is 2.00 bits per heavy atom. The molecule has 0 aromatic heterocycles. The second-order valence-corrected chi connectivity index (χ2v) is 4.63. The molecular weight excluding hydrogens is 198 g/mol. The van der Waals surface area contributed by atoms with Crippen LogP contribution in [0.4, 0.5) is 5.69 Å². The van der Waals surface area contributed by atoms with Crippen LogP contribution >= 0.6 is 0 Å². The minimum Gasteiger partial charge on any atom is -0.497 e. The van der Waals surface area contributed by atoms with Gasteiger partial charge in [-0.1, -0.05) is 13.3 Å². The van der Waals surface area contributed by atoms with E-state index in [2.05, 4.69) is 30.9 Å². The van der Waals surface area contributed by atoms with E-state index < -0.39 is 0 Å². The summed E-state index contributed by atoms with van der Waals surface area (Å²) in [5.74, 6) is 0.934. The Labute approximate surface area is 98.2 Å². The Hall–Kier alpha value is -1.18. The lowest BCUT2D eigenvalue weighted by molar-refractivity contribution is 0.338. The summed E-state index contributed by atoms with van der Waals surface area (Å²) in [4.78, 5) is 2.53. The molecule has 0 N–H and O–H groups in total. The van der Waals surface area contributed by atoms with Gasteiger partial charge in [0.25, 0.3) is 0 Å². The molecule has 1 fully saturated rings. The topological polar surface area (TPSA) is 12.5 Å². The lowest BCUT2D eigenvalue weighted by Crippen LogP contribution is -2.54. The third-order valence-electron chi connectivity index (χ3n) is 3.47. The van der Waals surface area contributed by atoms with Gasteiger partial charge in [-0.25, -0.2) is 0 Å². The van der Waals surface area contributed by atoms with E-state index in [9.17, 15) is 0 Å². The van der Waals surface area contributed by atoms with Gasteiger partial charge in [-0.05, 0) is 44.0 Å². The number of benzene rings is 1. The first kappa shape index (κ1) is 11.3. The molecule has 1 saturated heterocycles. The fraction of sp³-hybridized carbons (Fsp3) is 0.571. The van der Waals surface area contributed by atoms with E-state index in [1.165, 1.54) is 24.9 Å². The molecule has 0 spiro atoms. The van der Waals surface area contributed by atoms with Crippen molar-refractivity contribution in [2.24, 2.45) is 0 Å². The zero-order chi connectivity index (χ0) is 11.5. The van der Waals surface area contributed by atoms with Gasteiger partial charge in [0.2, 0.25) is 0 Å². The van der Waals surface area contributed by atoms with Gasteiger partial charge in [-0.2, -0.15) is 0 Å². The maximum absolute atomic E-state index is 5.18.